The number of carbonyl (C=O) groups is 4. The minimum atomic E-state index is -0.729. The molecule has 0 radical (unpaired) electrons. The fourth-order valence-corrected chi connectivity index (χ4v) is 3.19. The van der Waals surface area contributed by atoms with Crippen molar-refractivity contribution in [2.24, 2.45) is 0 Å². The fourth-order valence-electron chi connectivity index (χ4n) is 2.44. The second kappa shape index (κ2) is 7.10. The molecule has 9 heteroatoms. The third-order valence-corrected chi connectivity index (χ3v) is 4.22. The van der Waals surface area contributed by atoms with Crippen molar-refractivity contribution in [3.63, 3.8) is 0 Å². The van der Waals surface area contributed by atoms with Gasteiger partial charge in [-0.25, -0.2) is 0 Å². The van der Waals surface area contributed by atoms with Crippen LogP contribution >= 0.6 is 11.8 Å². The first kappa shape index (κ1) is 16.8. The Morgan fingerprint density at radius 3 is 2.45 bits per heavy atom. The van der Waals surface area contributed by atoms with E-state index in [4.69, 9.17) is 4.74 Å². The van der Waals surface area contributed by atoms with E-state index in [1.807, 2.05) is 13.8 Å². The molecular formula is C13H19N3O5S. The smallest absolute Gasteiger partial charge is 0.312 e. The average Bonchev–Trinajstić information content (AvgIpc) is 2.77. The van der Waals surface area contributed by atoms with Gasteiger partial charge in [-0.3, -0.25) is 24.1 Å². The van der Waals surface area contributed by atoms with Crippen LogP contribution in [0.2, 0.25) is 0 Å². The number of hydrogen-bond acceptors (Lipinski definition) is 6. The monoisotopic (exact) mass is 329 g/mol. The molecule has 1 N–H and O–H groups in total. The maximum Gasteiger partial charge on any atom is 0.312 e. The van der Waals surface area contributed by atoms with Crippen LogP contribution in [0.4, 0.5) is 4.79 Å². The molecule has 2 fully saturated rings. The zero-order chi connectivity index (χ0) is 16.3. The van der Waals surface area contributed by atoms with Crippen molar-refractivity contribution in [3.8, 4) is 0 Å². The van der Waals surface area contributed by atoms with Crippen molar-refractivity contribution >= 4 is 34.7 Å². The Labute approximate surface area is 132 Å². The number of carbonyl (C=O) groups excluding carboxylic acids is 4. The predicted octanol–water partition coefficient (Wildman–Crippen LogP) is -0.566. The lowest BCUT2D eigenvalue weighted by Gasteiger charge is -2.34. The number of imide groups is 1. The van der Waals surface area contributed by atoms with Gasteiger partial charge in [-0.2, -0.15) is 0 Å². The van der Waals surface area contributed by atoms with Crippen LogP contribution in [-0.4, -0.2) is 76.9 Å². The number of hydrogen-bond donors (Lipinski definition) is 1. The standard InChI is InChI=1S/C13H19N3O5S/c1-8-5-15(6-9(2)21-8)12(19)11(18)14-3-4-16-10(17)7-22-13(16)20/h8-9H,3-7H2,1-2H3,(H,14,18). The molecule has 122 valence electrons. The molecule has 2 rings (SSSR count). The second-order valence-corrected chi connectivity index (χ2v) is 6.25. The molecule has 2 aliphatic rings. The van der Waals surface area contributed by atoms with Gasteiger partial charge >= 0.3 is 11.8 Å². The van der Waals surface area contributed by atoms with Crippen molar-refractivity contribution in [1.29, 1.82) is 0 Å². The summed E-state index contributed by atoms with van der Waals surface area (Å²) in [6.07, 6.45) is -0.227. The number of morpholine rings is 1. The largest absolute Gasteiger partial charge is 0.372 e. The zero-order valence-electron chi connectivity index (χ0n) is 12.5. The molecule has 0 aliphatic carbocycles. The van der Waals surface area contributed by atoms with Gasteiger partial charge in [-0.05, 0) is 13.8 Å². The molecule has 8 nitrogen and oxygen atoms in total. The minimum Gasteiger partial charge on any atom is -0.372 e. The third-order valence-electron chi connectivity index (χ3n) is 3.36. The van der Waals surface area contributed by atoms with E-state index in [9.17, 15) is 19.2 Å². The summed E-state index contributed by atoms with van der Waals surface area (Å²) >= 11 is 0.937. The van der Waals surface area contributed by atoms with Gasteiger partial charge in [0.15, 0.2) is 0 Å². The molecule has 0 saturated carbocycles. The summed E-state index contributed by atoms with van der Waals surface area (Å²) in [5.74, 6) is -1.48. The van der Waals surface area contributed by atoms with Crippen LogP contribution in [0.5, 0.6) is 0 Å². The number of amides is 4. The van der Waals surface area contributed by atoms with E-state index in [2.05, 4.69) is 5.32 Å². The zero-order valence-corrected chi connectivity index (χ0v) is 13.4. The molecule has 2 aliphatic heterocycles. The van der Waals surface area contributed by atoms with Crippen LogP contribution < -0.4 is 5.32 Å². The molecule has 2 saturated heterocycles. The van der Waals surface area contributed by atoms with Crippen LogP contribution in [-0.2, 0) is 19.1 Å². The normalized spacial score (nSPS) is 25.5. The molecule has 22 heavy (non-hydrogen) atoms. The molecule has 2 unspecified atom stereocenters. The Bertz CT molecular complexity index is 472. The second-order valence-electron chi connectivity index (χ2n) is 5.32. The highest BCUT2D eigenvalue weighted by Gasteiger charge is 2.31. The Kier molecular flexibility index (Phi) is 5.41. The lowest BCUT2D eigenvalue weighted by atomic mass is 10.2. The first-order chi connectivity index (χ1) is 10.4. The van der Waals surface area contributed by atoms with E-state index in [1.54, 1.807) is 0 Å². The highest BCUT2D eigenvalue weighted by molar-refractivity contribution is 8.14. The van der Waals surface area contributed by atoms with Gasteiger partial charge in [0.2, 0.25) is 5.91 Å². The molecule has 0 aromatic rings. The summed E-state index contributed by atoms with van der Waals surface area (Å²) in [5, 5.41) is 2.13. The number of nitrogens with zero attached hydrogens (tertiary/aromatic N) is 2. The average molecular weight is 329 g/mol. The minimum absolute atomic E-state index is 0.0675. The maximum atomic E-state index is 12.1. The number of thioether (sulfide) groups is 1. The third kappa shape index (κ3) is 3.98. The predicted molar refractivity (Wildman–Crippen MR) is 79.2 cm³/mol. The maximum absolute atomic E-state index is 12.1. The Morgan fingerprint density at radius 1 is 1.27 bits per heavy atom. The van der Waals surface area contributed by atoms with Gasteiger partial charge in [0.1, 0.15) is 0 Å². The van der Waals surface area contributed by atoms with Crippen LogP contribution in [0.15, 0.2) is 0 Å². The first-order valence-corrected chi connectivity index (χ1v) is 8.06. The van der Waals surface area contributed by atoms with Crippen LogP contribution in [0.3, 0.4) is 0 Å². The van der Waals surface area contributed by atoms with Crippen molar-refractivity contribution in [3.05, 3.63) is 0 Å². The quantitative estimate of drug-likeness (QED) is 0.697. The first-order valence-electron chi connectivity index (χ1n) is 7.08. The van der Waals surface area contributed by atoms with Crippen LogP contribution in [0, 0.1) is 0 Å². The highest BCUT2D eigenvalue weighted by atomic mass is 32.2. The van der Waals surface area contributed by atoms with Crippen molar-refractivity contribution in [2.75, 3.05) is 31.9 Å². The summed E-state index contributed by atoms with van der Waals surface area (Å²) in [7, 11) is 0. The fraction of sp³-hybridized carbons (Fsp3) is 0.692. The van der Waals surface area contributed by atoms with Gasteiger partial charge in [-0.15, -0.1) is 0 Å². The van der Waals surface area contributed by atoms with E-state index < -0.39 is 11.8 Å². The Balaban J connectivity index is 1.78. The summed E-state index contributed by atoms with van der Waals surface area (Å²) < 4.78 is 5.51. The van der Waals surface area contributed by atoms with Gasteiger partial charge in [0.25, 0.3) is 5.24 Å². The molecule has 0 bridgehead atoms. The highest BCUT2D eigenvalue weighted by Crippen LogP contribution is 2.17. The molecule has 4 amide bonds. The number of nitrogens with one attached hydrogen (secondary N) is 1. The van der Waals surface area contributed by atoms with Gasteiger partial charge in [-0.1, -0.05) is 11.8 Å². The summed E-state index contributed by atoms with van der Waals surface area (Å²) in [4.78, 5) is 49.2. The van der Waals surface area contributed by atoms with E-state index in [0.29, 0.717) is 13.1 Å². The lowest BCUT2D eigenvalue weighted by molar-refractivity contribution is -0.153. The molecule has 0 aromatic carbocycles. The molecule has 0 aromatic heterocycles. The molecule has 2 atom stereocenters. The Hall–Kier alpha value is -1.61. The molecule has 2 heterocycles. The topological polar surface area (TPSA) is 96.0 Å². The van der Waals surface area contributed by atoms with E-state index in [-0.39, 0.29) is 42.2 Å². The van der Waals surface area contributed by atoms with E-state index in [0.717, 1.165) is 16.7 Å². The van der Waals surface area contributed by atoms with E-state index >= 15 is 0 Å². The SMILES string of the molecule is CC1CN(C(=O)C(=O)NCCN2C(=O)CSC2=O)CC(C)O1. The summed E-state index contributed by atoms with van der Waals surface area (Å²) in [5.41, 5.74) is 0. The van der Waals surface area contributed by atoms with Crippen molar-refractivity contribution in [2.45, 2.75) is 26.1 Å². The summed E-state index contributed by atoms with van der Waals surface area (Å²) in [6, 6.07) is 0. The Morgan fingerprint density at radius 2 is 1.91 bits per heavy atom. The number of ether oxygens (including phenoxy) is 1. The van der Waals surface area contributed by atoms with Crippen LogP contribution in [0.1, 0.15) is 13.8 Å². The van der Waals surface area contributed by atoms with E-state index in [1.165, 1.54) is 4.90 Å². The van der Waals surface area contributed by atoms with Crippen molar-refractivity contribution < 1.29 is 23.9 Å². The van der Waals surface area contributed by atoms with Gasteiger partial charge in [0, 0.05) is 26.2 Å². The molecule has 0 spiro atoms. The van der Waals surface area contributed by atoms with Gasteiger partial charge < -0.3 is 15.0 Å². The molecular weight excluding hydrogens is 310 g/mol. The van der Waals surface area contributed by atoms with Gasteiger partial charge in [0.05, 0.1) is 18.0 Å². The van der Waals surface area contributed by atoms with Crippen LogP contribution in [0.25, 0.3) is 0 Å². The lowest BCUT2D eigenvalue weighted by Crippen LogP contribution is -2.53. The number of rotatable bonds is 3. The summed E-state index contributed by atoms with van der Waals surface area (Å²) in [6.45, 7) is 4.58. The van der Waals surface area contributed by atoms with Crippen molar-refractivity contribution in [1.82, 2.24) is 15.1 Å².